The van der Waals surface area contributed by atoms with Gasteiger partial charge in [-0.2, -0.15) is 0 Å². The fourth-order valence-corrected chi connectivity index (χ4v) is 12.3. The lowest BCUT2D eigenvalue weighted by atomic mass is 10.0. The quantitative estimate of drug-likeness (QED) is 0.122. The first-order valence-electron chi connectivity index (χ1n) is 29.4. The van der Waals surface area contributed by atoms with Gasteiger partial charge in [0.15, 0.2) is 0 Å². The lowest BCUT2D eigenvalue weighted by Gasteiger charge is -2.30. The molecule has 0 saturated carbocycles. The zero-order valence-electron chi connectivity index (χ0n) is 47.3. The van der Waals surface area contributed by atoms with Crippen LogP contribution < -0.4 is 14.7 Å². The summed E-state index contributed by atoms with van der Waals surface area (Å²) in [6.45, 7) is 0.749. The predicted octanol–water partition coefficient (Wildman–Crippen LogP) is 21.1. The normalized spacial score (nSPS) is 13.0. The molecule has 408 valence electrons. The zero-order chi connectivity index (χ0) is 57.2. The van der Waals surface area contributed by atoms with E-state index in [0.29, 0.717) is 0 Å². The van der Waals surface area contributed by atoms with Gasteiger partial charge in [0.25, 0.3) is 0 Å². The van der Waals surface area contributed by atoms with Gasteiger partial charge in [-0.15, -0.1) is 0 Å². The number of fused-ring (bicyclic) bond motifs is 5. The van der Waals surface area contributed by atoms with Crippen molar-refractivity contribution in [2.24, 2.45) is 0 Å². The molecule has 0 fully saturated rings. The molecule has 15 rings (SSSR count). The fourth-order valence-electron chi connectivity index (χ4n) is 12.3. The van der Waals surface area contributed by atoms with Crippen molar-refractivity contribution in [3.8, 4) is 50.5 Å². The van der Waals surface area contributed by atoms with E-state index in [9.17, 15) is 0 Å². The Morgan fingerprint density at radius 3 is 1.29 bits per heavy atom. The molecular formula is C80H58N6. The molecule has 12 aromatic carbocycles. The van der Waals surface area contributed by atoms with Crippen LogP contribution in [0.5, 0.6) is 0 Å². The maximum atomic E-state index is 5.38. The molecule has 0 N–H and O–H groups in total. The van der Waals surface area contributed by atoms with Gasteiger partial charge in [-0.25, -0.2) is 9.97 Å². The Labute approximate surface area is 501 Å². The zero-order valence-corrected chi connectivity index (χ0v) is 47.3. The van der Waals surface area contributed by atoms with Gasteiger partial charge < -0.3 is 19.3 Å². The number of allylic oxidation sites excluding steroid dienone is 3. The van der Waals surface area contributed by atoms with E-state index in [2.05, 4.69) is 323 Å². The summed E-state index contributed by atoms with van der Waals surface area (Å²) < 4.78 is 2.38. The van der Waals surface area contributed by atoms with Crippen molar-refractivity contribution in [2.75, 3.05) is 21.2 Å². The molecule has 0 spiro atoms. The van der Waals surface area contributed by atoms with Crippen LogP contribution in [-0.2, 0) is 6.42 Å². The van der Waals surface area contributed by atoms with Crippen LogP contribution >= 0.6 is 0 Å². The van der Waals surface area contributed by atoms with Gasteiger partial charge in [-0.1, -0.05) is 200 Å². The van der Waals surface area contributed by atoms with Crippen molar-refractivity contribution in [1.29, 1.82) is 0 Å². The number of anilines is 8. The lowest BCUT2D eigenvalue weighted by molar-refractivity contribution is 1.07. The SMILES string of the molecule is C1=C\Cc2cc(N(c3ccccc3)c3ccc(-c4nc5ccccc5nc4-c4ccc(N(c5ccccc5)c5ccc6c(c5)c5ccccc5n6-c5ccc(-c6ccccc6)cc5)cc4)cc3)ccc2N(c2ccc(-c3ccccc3)cc2)C\C=C/1. The van der Waals surface area contributed by atoms with Gasteiger partial charge in [-0.3, -0.25) is 0 Å². The van der Waals surface area contributed by atoms with Gasteiger partial charge in [0.1, 0.15) is 0 Å². The molecule has 0 saturated heterocycles. The predicted molar refractivity (Wildman–Crippen MR) is 360 cm³/mol. The minimum Gasteiger partial charge on any atom is -0.337 e. The minimum atomic E-state index is 0.749. The second-order valence-corrected chi connectivity index (χ2v) is 21.7. The molecule has 6 heteroatoms. The molecule has 0 aliphatic carbocycles. The van der Waals surface area contributed by atoms with Crippen LogP contribution in [0.25, 0.3) is 83.3 Å². The Bertz CT molecular complexity index is 4770. The van der Waals surface area contributed by atoms with Crippen molar-refractivity contribution in [1.82, 2.24) is 14.5 Å². The smallest absolute Gasteiger partial charge is 0.0973 e. The first kappa shape index (κ1) is 51.5. The average molecular weight is 1100 g/mol. The Kier molecular flexibility index (Phi) is 13.7. The van der Waals surface area contributed by atoms with E-state index in [4.69, 9.17) is 9.97 Å². The van der Waals surface area contributed by atoms with Crippen LogP contribution in [0.2, 0.25) is 0 Å². The summed E-state index contributed by atoms with van der Waals surface area (Å²) in [5, 5.41) is 2.39. The van der Waals surface area contributed by atoms with Gasteiger partial charge in [0.2, 0.25) is 0 Å². The molecule has 0 bridgehead atoms. The summed E-state index contributed by atoms with van der Waals surface area (Å²) in [4.78, 5) is 17.9. The third kappa shape index (κ3) is 9.95. The minimum absolute atomic E-state index is 0.749. The van der Waals surface area contributed by atoms with Crippen molar-refractivity contribution < 1.29 is 0 Å². The number of rotatable bonds is 12. The highest BCUT2D eigenvalue weighted by molar-refractivity contribution is 6.11. The van der Waals surface area contributed by atoms with Gasteiger partial charge >= 0.3 is 0 Å². The number of nitrogens with zero attached hydrogens (tertiary/aromatic N) is 6. The number of benzene rings is 12. The first-order valence-corrected chi connectivity index (χ1v) is 29.4. The third-order valence-electron chi connectivity index (χ3n) is 16.5. The molecule has 1 aliphatic rings. The van der Waals surface area contributed by atoms with Gasteiger partial charge in [0, 0.05) is 79.6 Å². The summed E-state index contributed by atoms with van der Waals surface area (Å²) in [5.41, 5.74) is 23.5. The van der Waals surface area contributed by atoms with Crippen molar-refractivity contribution in [3.63, 3.8) is 0 Å². The lowest BCUT2D eigenvalue weighted by Crippen LogP contribution is -2.19. The van der Waals surface area contributed by atoms with Crippen molar-refractivity contribution in [2.45, 2.75) is 6.42 Å². The Balaban J connectivity index is 0.771. The summed E-state index contributed by atoms with van der Waals surface area (Å²) >= 11 is 0. The van der Waals surface area contributed by atoms with E-state index < -0.39 is 0 Å². The first-order chi connectivity index (χ1) is 42.6. The maximum absolute atomic E-state index is 5.38. The monoisotopic (exact) mass is 1100 g/mol. The molecule has 1 aliphatic heterocycles. The Morgan fingerprint density at radius 1 is 0.302 bits per heavy atom. The van der Waals surface area contributed by atoms with Crippen LogP contribution in [0.15, 0.2) is 328 Å². The van der Waals surface area contributed by atoms with Crippen LogP contribution in [0.4, 0.5) is 45.5 Å². The van der Waals surface area contributed by atoms with Crippen molar-refractivity contribution >= 4 is 78.3 Å². The molecule has 86 heavy (non-hydrogen) atoms. The summed E-state index contributed by atoms with van der Waals surface area (Å²) in [6, 6.07) is 109. The molecule has 6 nitrogen and oxygen atoms in total. The van der Waals surface area contributed by atoms with E-state index in [1.165, 1.54) is 49.8 Å². The highest BCUT2D eigenvalue weighted by atomic mass is 15.2. The highest BCUT2D eigenvalue weighted by Crippen LogP contribution is 2.44. The summed E-state index contributed by atoms with van der Waals surface area (Å²) in [6.07, 6.45) is 9.60. The van der Waals surface area contributed by atoms with Crippen LogP contribution in [-0.4, -0.2) is 21.1 Å². The molecule has 3 heterocycles. The number of hydrogen-bond donors (Lipinski definition) is 0. The second-order valence-electron chi connectivity index (χ2n) is 21.7. The van der Waals surface area contributed by atoms with Crippen LogP contribution in [0.1, 0.15) is 5.56 Å². The standard InChI is InChI=1S/C80H58N6/c1-2-20-54-83(64-42-34-59(35-43-64)57-21-8-3-9-22-57)76-52-50-70(55-63(76)25-7-1)84(65-26-12-5-13-27-65)67-46-38-61(39-47-67)79-80(82-75-32-18-17-31-74(75)81-79)62-40-48-68(49-41-62)85(66-28-14-6-15-29-66)71-51-53-78-73(56-71)72-30-16-19-33-77(72)86(78)69-44-36-60(37-45-69)58-23-10-4-11-24-58/h1-24,26-53,55-56H,25,54H2/b7-1-,20-2-. The maximum Gasteiger partial charge on any atom is 0.0973 e. The molecular weight excluding hydrogens is 1040 g/mol. The summed E-state index contributed by atoms with van der Waals surface area (Å²) in [7, 11) is 0. The van der Waals surface area contributed by atoms with Crippen LogP contribution in [0.3, 0.4) is 0 Å². The largest absolute Gasteiger partial charge is 0.337 e. The molecule has 0 radical (unpaired) electrons. The van der Waals surface area contributed by atoms with Gasteiger partial charge in [-0.05, 0) is 162 Å². The second kappa shape index (κ2) is 22.8. The van der Waals surface area contributed by atoms with E-state index in [-0.39, 0.29) is 0 Å². The molecule has 0 atom stereocenters. The fraction of sp³-hybridized carbons (Fsp3) is 0.0250. The van der Waals surface area contributed by atoms with E-state index in [1.807, 2.05) is 24.3 Å². The molecule has 0 unspecified atom stereocenters. The molecule has 0 amide bonds. The Hall–Kier alpha value is -11.3. The third-order valence-corrected chi connectivity index (χ3v) is 16.5. The van der Waals surface area contributed by atoms with E-state index in [1.54, 1.807) is 0 Å². The molecule has 14 aromatic rings. The van der Waals surface area contributed by atoms with E-state index in [0.717, 1.165) is 97.5 Å². The number of aromatic nitrogens is 3. The number of hydrogen-bond acceptors (Lipinski definition) is 5. The molecule has 2 aromatic heterocycles. The van der Waals surface area contributed by atoms with E-state index >= 15 is 0 Å². The summed E-state index contributed by atoms with van der Waals surface area (Å²) in [5.74, 6) is 0. The van der Waals surface area contributed by atoms with Crippen molar-refractivity contribution in [3.05, 3.63) is 333 Å². The highest BCUT2D eigenvalue weighted by Gasteiger charge is 2.22. The van der Waals surface area contributed by atoms with Gasteiger partial charge in [0.05, 0.1) is 33.5 Å². The number of para-hydroxylation sites is 5. The average Bonchev–Trinajstić information content (AvgIpc) is 1.86. The van der Waals surface area contributed by atoms with Crippen LogP contribution in [0, 0.1) is 0 Å². The Morgan fingerprint density at radius 2 is 0.721 bits per heavy atom. The topological polar surface area (TPSA) is 40.4 Å².